The molecule has 0 aliphatic rings. The Hall–Kier alpha value is -3.48. The number of nitrogens with one attached hydrogen (secondary N) is 3. The van der Waals surface area contributed by atoms with Crippen LogP contribution in [-0.2, 0) is 14.3 Å². The molecule has 37 heavy (non-hydrogen) atoms. The number of phenolic OH excluding ortho intramolecular Hbond substituents is 1. The van der Waals surface area contributed by atoms with Gasteiger partial charge in [-0.1, -0.05) is 50.4 Å². The highest BCUT2D eigenvalue weighted by Crippen LogP contribution is 2.34. The second-order valence-electron chi connectivity index (χ2n) is 8.49. The molecule has 0 fully saturated rings. The summed E-state index contributed by atoms with van der Waals surface area (Å²) in [5, 5.41) is 27.5. The van der Waals surface area contributed by atoms with Crippen LogP contribution in [0.25, 0.3) is 0 Å². The first-order valence-corrected chi connectivity index (χ1v) is 12.6. The van der Waals surface area contributed by atoms with Crippen LogP contribution in [0.3, 0.4) is 0 Å². The van der Waals surface area contributed by atoms with Gasteiger partial charge in [-0.05, 0) is 43.5 Å². The third kappa shape index (κ3) is 8.85. The molecule has 0 aromatic heterocycles. The maximum atomic E-state index is 12.9. The molecular formula is C26H30Cl2N4O5. The van der Waals surface area contributed by atoms with Crippen molar-refractivity contribution in [2.75, 3.05) is 22.6 Å². The minimum absolute atomic E-state index is 0.00505. The number of hydrogen-bond donors (Lipinski definition) is 4. The van der Waals surface area contributed by atoms with Crippen molar-refractivity contribution in [1.82, 2.24) is 0 Å². The number of benzene rings is 2. The van der Waals surface area contributed by atoms with Crippen LogP contribution in [0.4, 0.5) is 21.9 Å². The van der Waals surface area contributed by atoms with E-state index in [0.29, 0.717) is 25.1 Å². The molecule has 2 aromatic rings. The van der Waals surface area contributed by atoms with Gasteiger partial charge in [-0.15, -0.1) is 0 Å². The largest absolute Gasteiger partial charge is 0.506 e. The number of ether oxygens (including phenoxy) is 1. The number of hydrogen-bond acceptors (Lipinski definition) is 6. The lowest BCUT2D eigenvalue weighted by Crippen LogP contribution is -2.27. The fourth-order valence-corrected chi connectivity index (χ4v) is 3.78. The molecule has 2 rings (SSSR count). The van der Waals surface area contributed by atoms with Crippen LogP contribution in [-0.4, -0.2) is 29.6 Å². The van der Waals surface area contributed by atoms with E-state index in [1.807, 2.05) is 19.9 Å². The normalized spacial score (nSPS) is 12.1. The number of nitriles is 1. The summed E-state index contributed by atoms with van der Waals surface area (Å²) in [4.78, 5) is 37.4. The second-order valence-corrected chi connectivity index (χ2v) is 9.30. The standard InChI is InChI=1S/C26H30Cl2N4O5/c1-4-6-9-37-25(35)15(3)10-16(5-2)24(34)31-21-13-23(33)22(12-20(21)28)32-26(36)30-18-7-8-19(27)17(11-18)14-29/h7-8,11-13,15-16,33H,4-6,9-10H2,1-3H3,(H,31,34)(H2,30,32,36). The van der Waals surface area contributed by atoms with E-state index >= 15 is 0 Å². The number of esters is 1. The van der Waals surface area contributed by atoms with E-state index in [0.717, 1.165) is 12.8 Å². The Morgan fingerprint density at radius 2 is 1.78 bits per heavy atom. The molecule has 0 aliphatic heterocycles. The number of rotatable bonds is 11. The highest BCUT2D eigenvalue weighted by atomic mass is 35.5. The molecule has 9 nitrogen and oxygen atoms in total. The number of unbranched alkanes of at least 4 members (excludes halogenated alkanes) is 1. The molecule has 0 saturated carbocycles. The number of amides is 3. The van der Waals surface area contributed by atoms with E-state index in [9.17, 15) is 19.5 Å². The molecule has 0 saturated heterocycles. The number of phenols is 1. The Bertz CT molecular complexity index is 1180. The Balaban J connectivity index is 2.03. The topological polar surface area (TPSA) is 141 Å². The molecule has 2 atom stereocenters. The van der Waals surface area contributed by atoms with Crippen LogP contribution in [0.5, 0.6) is 5.75 Å². The highest BCUT2D eigenvalue weighted by molar-refractivity contribution is 6.34. The molecule has 0 aliphatic carbocycles. The molecular weight excluding hydrogens is 519 g/mol. The van der Waals surface area contributed by atoms with Gasteiger partial charge in [-0.25, -0.2) is 4.79 Å². The van der Waals surface area contributed by atoms with E-state index in [2.05, 4.69) is 16.0 Å². The summed E-state index contributed by atoms with van der Waals surface area (Å²) in [7, 11) is 0. The minimum Gasteiger partial charge on any atom is -0.506 e. The summed E-state index contributed by atoms with van der Waals surface area (Å²) in [6.07, 6.45) is 2.49. The molecule has 11 heteroatoms. The first-order chi connectivity index (χ1) is 17.6. The molecule has 4 N–H and O–H groups in total. The van der Waals surface area contributed by atoms with Gasteiger partial charge in [0.1, 0.15) is 11.8 Å². The van der Waals surface area contributed by atoms with Gasteiger partial charge in [0.25, 0.3) is 0 Å². The fourth-order valence-electron chi connectivity index (χ4n) is 3.41. The number of nitrogens with zero attached hydrogens (tertiary/aromatic N) is 1. The SMILES string of the molecule is CCCCOC(=O)C(C)CC(CC)C(=O)Nc1cc(O)c(NC(=O)Nc2ccc(Cl)c(C#N)c2)cc1Cl. The zero-order valence-corrected chi connectivity index (χ0v) is 22.4. The third-order valence-corrected chi connectivity index (χ3v) is 6.22. The lowest BCUT2D eigenvalue weighted by atomic mass is 9.93. The summed E-state index contributed by atoms with van der Waals surface area (Å²) in [6, 6.07) is 8.14. The van der Waals surface area contributed by atoms with Crippen molar-refractivity contribution in [2.24, 2.45) is 11.8 Å². The number of aromatic hydroxyl groups is 1. The van der Waals surface area contributed by atoms with Gasteiger partial charge < -0.3 is 25.8 Å². The maximum Gasteiger partial charge on any atom is 0.323 e. The molecule has 2 aromatic carbocycles. The Morgan fingerprint density at radius 1 is 1.05 bits per heavy atom. The summed E-state index contributed by atoms with van der Waals surface area (Å²) >= 11 is 12.2. The summed E-state index contributed by atoms with van der Waals surface area (Å²) in [5.74, 6) is -1.96. The van der Waals surface area contributed by atoms with Crippen molar-refractivity contribution in [2.45, 2.75) is 46.5 Å². The molecule has 3 amide bonds. The number of halogens is 2. The summed E-state index contributed by atoms with van der Waals surface area (Å²) < 4.78 is 5.24. The Morgan fingerprint density at radius 3 is 2.43 bits per heavy atom. The van der Waals surface area contributed by atoms with Gasteiger partial charge in [0.05, 0.1) is 39.5 Å². The predicted octanol–water partition coefficient (Wildman–Crippen LogP) is 6.55. The first-order valence-electron chi connectivity index (χ1n) is 11.9. The van der Waals surface area contributed by atoms with Crippen LogP contribution >= 0.6 is 23.2 Å². The predicted molar refractivity (Wildman–Crippen MR) is 144 cm³/mol. The quantitative estimate of drug-likeness (QED) is 0.142. The fraction of sp³-hybridized carbons (Fsp3) is 0.385. The van der Waals surface area contributed by atoms with Gasteiger partial charge in [-0.2, -0.15) is 5.26 Å². The molecule has 0 bridgehead atoms. The molecule has 0 heterocycles. The lowest BCUT2D eigenvalue weighted by Gasteiger charge is -2.19. The van der Waals surface area contributed by atoms with E-state index in [1.165, 1.54) is 30.3 Å². The smallest absolute Gasteiger partial charge is 0.323 e. The maximum absolute atomic E-state index is 12.9. The van der Waals surface area contributed by atoms with Gasteiger partial charge in [-0.3, -0.25) is 9.59 Å². The van der Waals surface area contributed by atoms with Gasteiger partial charge >= 0.3 is 12.0 Å². The van der Waals surface area contributed by atoms with Crippen molar-refractivity contribution >= 4 is 58.2 Å². The van der Waals surface area contributed by atoms with E-state index in [1.54, 1.807) is 6.92 Å². The van der Waals surface area contributed by atoms with Crippen molar-refractivity contribution in [3.8, 4) is 11.8 Å². The number of carbonyl (C=O) groups is 3. The third-order valence-electron chi connectivity index (χ3n) is 5.58. The van der Waals surface area contributed by atoms with Crippen molar-refractivity contribution in [3.63, 3.8) is 0 Å². The van der Waals surface area contributed by atoms with Crippen molar-refractivity contribution in [3.05, 3.63) is 45.9 Å². The van der Waals surface area contributed by atoms with Crippen molar-refractivity contribution < 1.29 is 24.2 Å². The van der Waals surface area contributed by atoms with Crippen LogP contribution in [0, 0.1) is 23.2 Å². The first kappa shape index (κ1) is 29.7. The molecule has 0 spiro atoms. The summed E-state index contributed by atoms with van der Waals surface area (Å²) in [6.45, 7) is 5.92. The van der Waals surface area contributed by atoms with Crippen LogP contribution in [0.1, 0.15) is 52.0 Å². The van der Waals surface area contributed by atoms with Crippen molar-refractivity contribution in [1.29, 1.82) is 5.26 Å². The number of urea groups is 1. The van der Waals surface area contributed by atoms with Gasteiger partial charge in [0.2, 0.25) is 5.91 Å². The van der Waals surface area contributed by atoms with Crippen LogP contribution < -0.4 is 16.0 Å². The number of carbonyl (C=O) groups excluding carboxylic acids is 3. The Kier molecular flexibility index (Phi) is 11.5. The van der Waals surface area contributed by atoms with E-state index in [-0.39, 0.29) is 44.6 Å². The molecule has 198 valence electrons. The monoisotopic (exact) mass is 548 g/mol. The number of anilines is 3. The average Bonchev–Trinajstić information content (AvgIpc) is 2.86. The zero-order chi connectivity index (χ0) is 27.5. The van der Waals surface area contributed by atoms with E-state index in [4.69, 9.17) is 33.2 Å². The van der Waals surface area contributed by atoms with Gasteiger partial charge in [0.15, 0.2) is 0 Å². The summed E-state index contributed by atoms with van der Waals surface area (Å²) in [5.41, 5.74) is 0.675. The average molecular weight is 549 g/mol. The minimum atomic E-state index is -0.694. The lowest BCUT2D eigenvalue weighted by molar-refractivity contribution is -0.148. The zero-order valence-electron chi connectivity index (χ0n) is 20.9. The molecule has 0 radical (unpaired) electrons. The van der Waals surface area contributed by atoms with Gasteiger partial charge in [0, 0.05) is 17.7 Å². The van der Waals surface area contributed by atoms with E-state index < -0.39 is 17.9 Å². The van der Waals surface area contributed by atoms with Crippen LogP contribution in [0.15, 0.2) is 30.3 Å². The highest BCUT2D eigenvalue weighted by Gasteiger charge is 2.25. The Labute approximate surface area is 226 Å². The molecule has 2 unspecified atom stereocenters. The van der Waals surface area contributed by atoms with Crippen LogP contribution in [0.2, 0.25) is 10.0 Å². The second kappa shape index (κ2) is 14.3.